The molecule has 0 saturated carbocycles. The molecule has 0 aliphatic rings. The van der Waals surface area contributed by atoms with Gasteiger partial charge in [-0.25, -0.2) is 0 Å². The molecule has 2 N–H and O–H groups in total. The van der Waals surface area contributed by atoms with Crippen LogP contribution in [0.25, 0.3) is 0 Å². The van der Waals surface area contributed by atoms with E-state index in [0.29, 0.717) is 0 Å². The number of halogens is 2. The monoisotopic (exact) mass is 191 g/mol. The second kappa shape index (κ2) is 5.08. The van der Waals surface area contributed by atoms with Gasteiger partial charge in [-0.1, -0.05) is 24.3 Å². The second-order valence-electron chi connectivity index (χ2n) is 1.86. The highest BCUT2D eigenvalue weighted by atomic mass is 35.5. The highest BCUT2D eigenvalue weighted by Crippen LogP contribution is 2.14. The number of hydrogen-bond acceptors (Lipinski definition) is 3. The summed E-state index contributed by atoms with van der Waals surface area (Å²) in [6.07, 6.45) is 1.05. The van der Waals surface area contributed by atoms with Crippen molar-refractivity contribution in [2.75, 3.05) is 7.05 Å². The maximum Gasteiger partial charge on any atom is 0.490 e. The Morgan fingerprint density at radius 1 is 1.67 bits per heavy atom. The Balaban J connectivity index is 4.97. The molecule has 0 rings (SSSR count). The molecule has 0 radical (unpaired) electrons. The molecule has 0 aromatic rings. The first-order valence-corrected chi connectivity index (χ1v) is 3.43. The van der Waals surface area contributed by atoms with E-state index < -0.39 is 18.1 Å². The fraction of sp³-hybridized carbons (Fsp3) is 0.167. The summed E-state index contributed by atoms with van der Waals surface area (Å²) in [7, 11) is -0.648. The lowest BCUT2D eigenvalue weighted by Crippen LogP contribution is -2.16. The van der Waals surface area contributed by atoms with Gasteiger partial charge in [0.1, 0.15) is 0 Å². The topological polar surface area (TPSA) is 52.8 Å². The van der Waals surface area contributed by atoms with Crippen molar-refractivity contribution in [2.45, 2.75) is 0 Å². The Morgan fingerprint density at radius 3 is 2.42 bits per heavy atom. The molecule has 0 bridgehead atoms. The summed E-state index contributed by atoms with van der Waals surface area (Å²) in [5.74, 6) is -0.959. The third-order valence-corrected chi connectivity index (χ3v) is 1.50. The molecule has 0 saturated heterocycles. The van der Waals surface area contributed by atoms with Crippen molar-refractivity contribution >= 4 is 24.7 Å². The SMILES string of the molecule is C=C/C(B(O)O)=C(/Cl)C(F)=NC. The fourth-order valence-electron chi connectivity index (χ4n) is 0.526. The quantitative estimate of drug-likeness (QED) is 0.391. The lowest BCUT2D eigenvalue weighted by atomic mass is 9.79. The van der Waals surface area contributed by atoms with Crippen molar-refractivity contribution in [1.82, 2.24) is 0 Å². The molecule has 0 aromatic carbocycles. The minimum atomic E-state index is -1.84. The molecule has 0 aliphatic carbocycles. The molecule has 12 heavy (non-hydrogen) atoms. The van der Waals surface area contributed by atoms with Crippen molar-refractivity contribution < 1.29 is 14.4 Å². The lowest BCUT2D eigenvalue weighted by molar-refractivity contribution is 0.420. The number of aliphatic imine (C=N–C) groups is 1. The summed E-state index contributed by atoms with van der Waals surface area (Å²) in [6, 6.07) is 0. The molecule has 0 unspecified atom stereocenters. The van der Waals surface area contributed by atoms with Crippen LogP contribution < -0.4 is 0 Å². The van der Waals surface area contributed by atoms with Gasteiger partial charge in [0.05, 0.1) is 5.03 Å². The molecule has 6 heteroatoms. The number of nitrogens with zero attached hydrogens (tertiary/aromatic N) is 1. The summed E-state index contributed by atoms with van der Waals surface area (Å²) in [4.78, 5) is 3.13. The van der Waals surface area contributed by atoms with E-state index in [9.17, 15) is 4.39 Å². The number of rotatable bonds is 3. The lowest BCUT2D eigenvalue weighted by Gasteiger charge is -2.01. The van der Waals surface area contributed by atoms with Gasteiger partial charge in [-0.3, -0.25) is 4.99 Å². The Kier molecular flexibility index (Phi) is 4.81. The summed E-state index contributed by atoms with van der Waals surface area (Å²) >= 11 is 5.38. The predicted molar refractivity (Wildman–Crippen MR) is 47.7 cm³/mol. The van der Waals surface area contributed by atoms with E-state index in [0.717, 1.165) is 6.08 Å². The molecule has 0 spiro atoms. The van der Waals surface area contributed by atoms with Crippen LogP contribution in [-0.2, 0) is 0 Å². The van der Waals surface area contributed by atoms with Crippen LogP contribution in [0.2, 0.25) is 0 Å². The van der Waals surface area contributed by atoms with Crippen molar-refractivity contribution in [3.05, 3.63) is 23.2 Å². The van der Waals surface area contributed by atoms with Crippen LogP contribution in [0.15, 0.2) is 28.2 Å². The molecule has 3 nitrogen and oxygen atoms in total. The Bertz CT molecular complexity index is 240. The number of allylic oxidation sites excluding steroid dienone is 3. The van der Waals surface area contributed by atoms with Gasteiger partial charge in [0.2, 0.25) is 5.97 Å². The Labute approximate surface area is 75.0 Å². The summed E-state index contributed by atoms with van der Waals surface area (Å²) in [5, 5.41) is 16.9. The molecule has 0 aromatic heterocycles. The fourth-order valence-corrected chi connectivity index (χ4v) is 0.785. The molecule has 0 atom stereocenters. The maximum atomic E-state index is 12.6. The van der Waals surface area contributed by atoms with Crippen molar-refractivity contribution in [3.8, 4) is 0 Å². The first kappa shape index (κ1) is 11.4. The second-order valence-corrected chi connectivity index (χ2v) is 2.24. The molecule has 0 amide bonds. The molecule has 0 aliphatic heterocycles. The van der Waals surface area contributed by atoms with Crippen LogP contribution in [0, 0.1) is 0 Å². The van der Waals surface area contributed by atoms with Gasteiger partial charge in [0.25, 0.3) is 0 Å². The third kappa shape index (κ3) is 2.77. The Morgan fingerprint density at radius 2 is 2.17 bits per heavy atom. The summed E-state index contributed by atoms with van der Waals surface area (Å²) in [5.41, 5.74) is -0.209. The minimum absolute atomic E-state index is 0.209. The van der Waals surface area contributed by atoms with Crippen molar-refractivity contribution in [1.29, 1.82) is 0 Å². The van der Waals surface area contributed by atoms with Gasteiger partial charge in [0, 0.05) is 12.5 Å². The van der Waals surface area contributed by atoms with Gasteiger partial charge in [0.15, 0.2) is 0 Å². The van der Waals surface area contributed by atoms with Gasteiger partial charge >= 0.3 is 7.12 Å². The van der Waals surface area contributed by atoms with Gasteiger partial charge < -0.3 is 10.0 Å². The van der Waals surface area contributed by atoms with Crippen molar-refractivity contribution in [3.63, 3.8) is 0 Å². The first-order valence-electron chi connectivity index (χ1n) is 3.05. The third-order valence-electron chi connectivity index (χ3n) is 1.13. The van der Waals surface area contributed by atoms with Crippen LogP contribution in [-0.4, -0.2) is 30.2 Å². The molecule has 0 heterocycles. The minimum Gasteiger partial charge on any atom is -0.423 e. The van der Waals surface area contributed by atoms with E-state index in [-0.39, 0.29) is 5.47 Å². The highest BCUT2D eigenvalue weighted by Gasteiger charge is 2.18. The molecular weight excluding hydrogens is 183 g/mol. The van der Waals surface area contributed by atoms with E-state index >= 15 is 0 Å². The van der Waals surface area contributed by atoms with Gasteiger partial charge in [-0.05, 0) is 0 Å². The normalized spacial score (nSPS) is 13.9. The van der Waals surface area contributed by atoms with E-state index in [1.165, 1.54) is 7.05 Å². The van der Waals surface area contributed by atoms with Crippen LogP contribution in [0.4, 0.5) is 4.39 Å². The summed E-state index contributed by atoms with van der Waals surface area (Å²) in [6.45, 7) is 3.24. The predicted octanol–water partition coefficient (Wildman–Crippen LogP) is 0.675. The van der Waals surface area contributed by atoms with Gasteiger partial charge in [-0.15, -0.1) is 0 Å². The zero-order chi connectivity index (χ0) is 9.72. The largest absolute Gasteiger partial charge is 0.490 e. The maximum absolute atomic E-state index is 12.6. The highest BCUT2D eigenvalue weighted by molar-refractivity contribution is 6.57. The summed E-state index contributed by atoms with van der Waals surface area (Å²) < 4.78 is 12.6. The van der Waals surface area contributed by atoms with Crippen LogP contribution >= 0.6 is 11.6 Å². The van der Waals surface area contributed by atoms with E-state index in [1.807, 2.05) is 0 Å². The zero-order valence-electron chi connectivity index (χ0n) is 6.46. The average Bonchev–Trinajstić information content (AvgIpc) is 2.03. The zero-order valence-corrected chi connectivity index (χ0v) is 7.22. The van der Waals surface area contributed by atoms with E-state index in [4.69, 9.17) is 21.6 Å². The number of hydrogen-bond donors (Lipinski definition) is 2. The van der Waals surface area contributed by atoms with Crippen molar-refractivity contribution in [2.24, 2.45) is 4.99 Å². The standard InChI is InChI=1S/C6H8BClFNO2/c1-3-4(7(11)12)5(8)6(9)10-2/h3,11-12H,1H2,2H3/b5-4-,10-6?. The first-order chi connectivity index (χ1) is 5.54. The van der Waals surface area contributed by atoms with Crippen LogP contribution in [0.3, 0.4) is 0 Å². The molecular formula is C6H8BClFNO2. The molecule has 0 fully saturated rings. The van der Waals surface area contributed by atoms with E-state index in [1.54, 1.807) is 0 Å². The van der Waals surface area contributed by atoms with Gasteiger partial charge in [-0.2, -0.15) is 4.39 Å². The Hall–Kier alpha value is -0.645. The van der Waals surface area contributed by atoms with Crippen LogP contribution in [0.5, 0.6) is 0 Å². The van der Waals surface area contributed by atoms with E-state index in [2.05, 4.69) is 11.6 Å². The smallest absolute Gasteiger partial charge is 0.423 e. The molecule has 66 valence electrons. The average molecular weight is 191 g/mol. The van der Waals surface area contributed by atoms with Crippen LogP contribution in [0.1, 0.15) is 0 Å².